The number of fused-ring (bicyclic) bond motifs is 1. The maximum absolute atomic E-state index is 13.1. The maximum atomic E-state index is 13.1. The quantitative estimate of drug-likeness (QED) is 0.789. The van der Waals surface area contributed by atoms with Gasteiger partial charge in [0.25, 0.3) is 0 Å². The van der Waals surface area contributed by atoms with Crippen LogP contribution in [-0.2, 0) is 13.1 Å². The highest BCUT2D eigenvalue weighted by Gasteiger charge is 2.16. The van der Waals surface area contributed by atoms with Crippen LogP contribution in [-0.4, -0.2) is 9.97 Å². The fourth-order valence-electron chi connectivity index (χ4n) is 2.01. The fourth-order valence-corrected chi connectivity index (χ4v) is 2.01. The predicted molar refractivity (Wildman–Crippen MR) is 58.0 cm³/mol. The zero-order chi connectivity index (χ0) is 11.0. The molecule has 1 aliphatic rings. The van der Waals surface area contributed by atoms with Crippen molar-refractivity contribution in [2.75, 3.05) is 0 Å². The summed E-state index contributed by atoms with van der Waals surface area (Å²) in [5.41, 5.74) is 3.94. The summed E-state index contributed by atoms with van der Waals surface area (Å²) in [5.74, 6) is -0.331. The molecule has 3 nitrogen and oxygen atoms in total. The van der Waals surface area contributed by atoms with Crippen molar-refractivity contribution in [3.05, 3.63) is 47.7 Å². The minimum atomic E-state index is -0.331. The van der Waals surface area contributed by atoms with Gasteiger partial charge in [0.1, 0.15) is 5.82 Å². The molecule has 0 aromatic carbocycles. The van der Waals surface area contributed by atoms with Gasteiger partial charge in [-0.3, -0.25) is 9.97 Å². The number of halogens is 1. The van der Waals surface area contributed by atoms with Gasteiger partial charge in [-0.2, -0.15) is 0 Å². The Labute approximate surface area is 92.4 Å². The van der Waals surface area contributed by atoms with Crippen molar-refractivity contribution in [1.82, 2.24) is 15.3 Å². The summed E-state index contributed by atoms with van der Waals surface area (Å²) in [6.45, 7) is 1.64. The van der Waals surface area contributed by atoms with E-state index in [0.29, 0.717) is 0 Å². The smallest absolute Gasteiger partial charge is 0.142 e. The Morgan fingerprint density at radius 2 is 2.19 bits per heavy atom. The molecule has 0 atom stereocenters. The predicted octanol–water partition coefficient (Wildman–Crippen LogP) is 1.89. The van der Waals surface area contributed by atoms with Crippen molar-refractivity contribution >= 4 is 0 Å². The van der Waals surface area contributed by atoms with Crippen LogP contribution in [0.15, 0.2) is 30.7 Å². The Bertz CT molecular complexity index is 540. The first-order valence-electron chi connectivity index (χ1n) is 5.13. The van der Waals surface area contributed by atoms with Crippen molar-refractivity contribution < 1.29 is 4.39 Å². The first-order chi connectivity index (χ1) is 7.84. The lowest BCUT2D eigenvalue weighted by Gasteiger charge is -2.05. The highest BCUT2D eigenvalue weighted by molar-refractivity contribution is 5.64. The Morgan fingerprint density at radius 1 is 1.25 bits per heavy atom. The van der Waals surface area contributed by atoms with E-state index in [4.69, 9.17) is 0 Å². The molecule has 16 heavy (non-hydrogen) atoms. The molecule has 2 aromatic rings. The van der Waals surface area contributed by atoms with E-state index < -0.39 is 0 Å². The zero-order valence-corrected chi connectivity index (χ0v) is 8.57. The third-order valence-electron chi connectivity index (χ3n) is 2.75. The van der Waals surface area contributed by atoms with Gasteiger partial charge in [0.2, 0.25) is 0 Å². The third-order valence-corrected chi connectivity index (χ3v) is 2.75. The number of hydrogen-bond donors (Lipinski definition) is 1. The van der Waals surface area contributed by atoms with Crippen molar-refractivity contribution in [3.63, 3.8) is 0 Å². The SMILES string of the molecule is Fc1cncc(-c2nccc3c2CNC3)c1. The molecule has 0 spiro atoms. The molecule has 0 aliphatic carbocycles. The molecule has 0 bridgehead atoms. The summed E-state index contributed by atoms with van der Waals surface area (Å²) in [5, 5.41) is 3.26. The second-order valence-electron chi connectivity index (χ2n) is 3.79. The van der Waals surface area contributed by atoms with E-state index >= 15 is 0 Å². The topological polar surface area (TPSA) is 37.8 Å². The van der Waals surface area contributed by atoms with Crippen LogP contribution in [0.2, 0.25) is 0 Å². The Morgan fingerprint density at radius 3 is 3.06 bits per heavy atom. The molecule has 4 heteroatoms. The summed E-state index contributed by atoms with van der Waals surface area (Å²) in [6.07, 6.45) is 4.60. The molecule has 0 amide bonds. The second kappa shape index (κ2) is 3.64. The van der Waals surface area contributed by atoms with E-state index in [-0.39, 0.29) is 5.82 Å². The molecule has 0 saturated heterocycles. The number of nitrogens with zero attached hydrogens (tertiary/aromatic N) is 2. The van der Waals surface area contributed by atoms with E-state index in [1.54, 1.807) is 12.4 Å². The van der Waals surface area contributed by atoms with E-state index in [1.807, 2.05) is 6.07 Å². The van der Waals surface area contributed by atoms with Crippen LogP contribution >= 0.6 is 0 Å². The minimum Gasteiger partial charge on any atom is -0.309 e. The largest absolute Gasteiger partial charge is 0.309 e. The number of aromatic nitrogens is 2. The highest BCUT2D eigenvalue weighted by atomic mass is 19.1. The molecule has 2 aromatic heterocycles. The van der Waals surface area contributed by atoms with Gasteiger partial charge >= 0.3 is 0 Å². The monoisotopic (exact) mass is 215 g/mol. The fraction of sp³-hybridized carbons (Fsp3) is 0.167. The zero-order valence-electron chi connectivity index (χ0n) is 8.57. The van der Waals surface area contributed by atoms with Gasteiger partial charge in [0, 0.05) is 31.0 Å². The molecule has 3 rings (SSSR count). The van der Waals surface area contributed by atoms with Gasteiger partial charge in [-0.05, 0) is 23.3 Å². The summed E-state index contributed by atoms with van der Waals surface area (Å²) in [7, 11) is 0. The third kappa shape index (κ3) is 1.47. The Hall–Kier alpha value is -1.81. The first kappa shape index (κ1) is 9.42. The minimum absolute atomic E-state index is 0.331. The molecule has 0 radical (unpaired) electrons. The molecular formula is C12H10FN3. The molecule has 1 N–H and O–H groups in total. The van der Waals surface area contributed by atoms with Crippen molar-refractivity contribution in [2.45, 2.75) is 13.1 Å². The van der Waals surface area contributed by atoms with Gasteiger partial charge < -0.3 is 5.32 Å². The van der Waals surface area contributed by atoms with Crippen molar-refractivity contribution in [1.29, 1.82) is 0 Å². The van der Waals surface area contributed by atoms with Crippen LogP contribution in [0.5, 0.6) is 0 Å². The summed E-state index contributed by atoms with van der Waals surface area (Å²) in [4.78, 5) is 8.17. The van der Waals surface area contributed by atoms with Crippen LogP contribution in [0.1, 0.15) is 11.1 Å². The average Bonchev–Trinajstić information content (AvgIpc) is 2.76. The number of pyridine rings is 2. The lowest BCUT2D eigenvalue weighted by Crippen LogP contribution is -2.00. The van der Waals surface area contributed by atoms with Gasteiger partial charge in [0.15, 0.2) is 0 Å². The molecule has 0 fully saturated rings. The Balaban J connectivity index is 2.17. The summed E-state index contributed by atoms with van der Waals surface area (Å²) < 4.78 is 13.1. The van der Waals surface area contributed by atoms with Crippen molar-refractivity contribution in [3.8, 4) is 11.3 Å². The molecule has 0 unspecified atom stereocenters. The lowest BCUT2D eigenvalue weighted by molar-refractivity contribution is 0.622. The summed E-state index contributed by atoms with van der Waals surface area (Å²) in [6, 6.07) is 3.46. The van der Waals surface area contributed by atoms with Crippen LogP contribution in [0.4, 0.5) is 4.39 Å². The van der Waals surface area contributed by atoms with Gasteiger partial charge in [-0.15, -0.1) is 0 Å². The molecular weight excluding hydrogens is 205 g/mol. The van der Waals surface area contributed by atoms with Gasteiger partial charge in [0.05, 0.1) is 11.9 Å². The van der Waals surface area contributed by atoms with Gasteiger partial charge in [-0.25, -0.2) is 4.39 Å². The van der Waals surface area contributed by atoms with Crippen molar-refractivity contribution in [2.24, 2.45) is 0 Å². The first-order valence-corrected chi connectivity index (χ1v) is 5.13. The number of nitrogens with one attached hydrogen (secondary N) is 1. The molecule has 0 saturated carbocycles. The molecule has 3 heterocycles. The maximum Gasteiger partial charge on any atom is 0.142 e. The van der Waals surface area contributed by atoms with Crippen LogP contribution in [0.25, 0.3) is 11.3 Å². The molecule has 80 valence electrons. The van der Waals surface area contributed by atoms with E-state index in [2.05, 4.69) is 15.3 Å². The standard InChI is InChI=1S/C12H10FN3/c13-10-3-9(5-14-6-10)12-11-7-15-4-8(11)1-2-16-12/h1-3,5-6,15H,4,7H2. The van der Waals surface area contributed by atoms with Gasteiger partial charge in [-0.1, -0.05) is 0 Å². The van der Waals surface area contributed by atoms with E-state index in [0.717, 1.165) is 29.9 Å². The summed E-state index contributed by atoms with van der Waals surface area (Å²) >= 11 is 0. The van der Waals surface area contributed by atoms with Crippen LogP contribution in [0.3, 0.4) is 0 Å². The normalized spacial score (nSPS) is 13.8. The number of hydrogen-bond acceptors (Lipinski definition) is 3. The lowest BCUT2D eigenvalue weighted by atomic mass is 10.0. The average molecular weight is 215 g/mol. The van der Waals surface area contributed by atoms with E-state index in [9.17, 15) is 4.39 Å². The van der Waals surface area contributed by atoms with Crippen LogP contribution < -0.4 is 5.32 Å². The Kier molecular flexibility index (Phi) is 2.15. The molecule has 1 aliphatic heterocycles. The van der Waals surface area contributed by atoms with Crippen LogP contribution in [0, 0.1) is 5.82 Å². The van der Waals surface area contributed by atoms with E-state index in [1.165, 1.54) is 17.8 Å². The second-order valence-corrected chi connectivity index (χ2v) is 3.79. The number of rotatable bonds is 1. The highest BCUT2D eigenvalue weighted by Crippen LogP contribution is 2.26.